The fourth-order valence-corrected chi connectivity index (χ4v) is 5.19. The third kappa shape index (κ3) is 4.29. The van der Waals surface area contributed by atoms with Crippen molar-refractivity contribution in [2.45, 2.75) is 31.5 Å². The van der Waals surface area contributed by atoms with Gasteiger partial charge in [-0.2, -0.15) is 4.98 Å². The maximum absolute atomic E-state index is 13.0. The van der Waals surface area contributed by atoms with Gasteiger partial charge in [-0.1, -0.05) is 29.2 Å². The average molecular weight is 446 g/mol. The number of nitrogens with zero attached hydrogens (tertiary/aromatic N) is 4. The molecule has 1 N–H and O–H groups in total. The topological polar surface area (TPSA) is 89.3 Å². The van der Waals surface area contributed by atoms with Gasteiger partial charge in [0.2, 0.25) is 5.91 Å². The number of amides is 1. The van der Waals surface area contributed by atoms with E-state index < -0.39 is 0 Å². The molecule has 3 heterocycles. The molecule has 0 unspecified atom stereocenters. The lowest BCUT2D eigenvalue weighted by Gasteiger charge is -2.11. The van der Waals surface area contributed by atoms with E-state index in [0.717, 1.165) is 31.1 Å². The molecule has 4 rings (SSSR count). The van der Waals surface area contributed by atoms with Crippen molar-refractivity contribution in [3.63, 3.8) is 0 Å². The number of carbonyl (C=O) groups excluding carboxylic acids is 1. The summed E-state index contributed by atoms with van der Waals surface area (Å²) in [5.74, 6) is 0.629. The maximum Gasteiger partial charge on any atom is 0.273 e. The largest absolute Gasteiger partial charge is 0.497 e. The van der Waals surface area contributed by atoms with Gasteiger partial charge in [-0.15, -0.1) is 0 Å². The van der Waals surface area contributed by atoms with E-state index in [1.54, 1.807) is 23.8 Å². The first-order valence-electron chi connectivity index (χ1n) is 9.82. The molecule has 1 aromatic carbocycles. The van der Waals surface area contributed by atoms with E-state index in [4.69, 9.17) is 4.74 Å². The van der Waals surface area contributed by atoms with Crippen molar-refractivity contribution >= 4 is 50.2 Å². The fourth-order valence-electron chi connectivity index (χ4n) is 3.34. The van der Waals surface area contributed by atoms with E-state index >= 15 is 0 Å². The molecule has 0 aliphatic carbocycles. The number of nitrogens with one attached hydrogen (secondary N) is 1. The summed E-state index contributed by atoms with van der Waals surface area (Å²) < 4.78 is 7.36. The summed E-state index contributed by atoms with van der Waals surface area (Å²) in [5, 5.41) is 4.20. The summed E-state index contributed by atoms with van der Waals surface area (Å²) in [4.78, 5) is 36.8. The highest BCUT2D eigenvalue weighted by molar-refractivity contribution is 7.99. The van der Waals surface area contributed by atoms with E-state index in [9.17, 15) is 9.59 Å². The van der Waals surface area contributed by atoms with Crippen LogP contribution in [-0.2, 0) is 11.3 Å². The Morgan fingerprint density at radius 3 is 2.83 bits per heavy atom. The van der Waals surface area contributed by atoms with Crippen LogP contribution in [0.15, 0.2) is 34.2 Å². The highest BCUT2D eigenvalue weighted by Crippen LogP contribution is 2.29. The minimum Gasteiger partial charge on any atom is -0.497 e. The number of thiazole rings is 1. The van der Waals surface area contributed by atoms with Crippen LogP contribution in [0.5, 0.6) is 5.75 Å². The number of fused-ring (bicyclic) bond motifs is 1. The van der Waals surface area contributed by atoms with Gasteiger partial charge in [0.15, 0.2) is 15.9 Å². The van der Waals surface area contributed by atoms with Crippen LogP contribution in [0.3, 0.4) is 0 Å². The van der Waals surface area contributed by atoms with Crippen molar-refractivity contribution in [3.8, 4) is 5.75 Å². The number of benzene rings is 1. The van der Waals surface area contributed by atoms with E-state index in [-0.39, 0.29) is 17.2 Å². The minimum atomic E-state index is -0.179. The molecule has 3 aromatic rings. The minimum absolute atomic E-state index is 0.0962. The Morgan fingerprint density at radius 1 is 1.30 bits per heavy atom. The number of thioether (sulfide) groups is 1. The molecule has 30 heavy (non-hydrogen) atoms. The van der Waals surface area contributed by atoms with Crippen molar-refractivity contribution in [1.82, 2.24) is 14.5 Å². The smallest absolute Gasteiger partial charge is 0.273 e. The van der Waals surface area contributed by atoms with Crippen molar-refractivity contribution < 1.29 is 9.53 Å². The second-order valence-corrected chi connectivity index (χ2v) is 8.78. The second-order valence-electron chi connectivity index (χ2n) is 6.86. The summed E-state index contributed by atoms with van der Waals surface area (Å²) in [6.45, 7) is 4.32. The first-order valence-corrected chi connectivity index (χ1v) is 11.6. The zero-order chi connectivity index (χ0) is 21.1. The van der Waals surface area contributed by atoms with Gasteiger partial charge in [0.1, 0.15) is 10.4 Å². The summed E-state index contributed by atoms with van der Waals surface area (Å²) >= 11 is 2.65. The van der Waals surface area contributed by atoms with Gasteiger partial charge < -0.3 is 15.0 Å². The predicted molar refractivity (Wildman–Crippen MR) is 121 cm³/mol. The quantitative estimate of drug-likeness (QED) is 0.441. The molecule has 1 aliphatic rings. The third-order valence-corrected chi connectivity index (χ3v) is 6.92. The van der Waals surface area contributed by atoms with Crippen LogP contribution in [0.4, 0.5) is 10.8 Å². The Morgan fingerprint density at radius 2 is 2.10 bits per heavy atom. The second kappa shape index (κ2) is 9.05. The van der Waals surface area contributed by atoms with Crippen LogP contribution >= 0.6 is 23.1 Å². The summed E-state index contributed by atoms with van der Waals surface area (Å²) in [5.41, 5.74) is 1.03. The normalized spacial score (nSPS) is 13.7. The molecule has 0 spiro atoms. The van der Waals surface area contributed by atoms with Gasteiger partial charge in [-0.3, -0.25) is 14.2 Å². The van der Waals surface area contributed by atoms with E-state index in [0.29, 0.717) is 33.5 Å². The van der Waals surface area contributed by atoms with Crippen LogP contribution in [0.25, 0.3) is 10.3 Å². The number of anilines is 2. The first-order chi connectivity index (χ1) is 14.6. The van der Waals surface area contributed by atoms with Crippen LogP contribution in [-0.4, -0.2) is 46.4 Å². The number of aromatic nitrogens is 3. The summed E-state index contributed by atoms with van der Waals surface area (Å²) in [6.07, 6.45) is 2.29. The Labute approximate surface area is 182 Å². The lowest BCUT2D eigenvalue weighted by atomic mass is 10.3. The monoisotopic (exact) mass is 445 g/mol. The fraction of sp³-hybridized carbons (Fsp3) is 0.400. The highest BCUT2D eigenvalue weighted by Gasteiger charge is 2.20. The van der Waals surface area contributed by atoms with Crippen LogP contribution in [0, 0.1) is 0 Å². The first kappa shape index (κ1) is 20.7. The number of ether oxygens (including phenoxy) is 1. The van der Waals surface area contributed by atoms with Crippen molar-refractivity contribution in [2.24, 2.45) is 0 Å². The number of hydrogen-bond acceptors (Lipinski definition) is 8. The standard InChI is InChI=1S/C20H23N5O3S2/c1-3-25-18(27)16-17(22-19(30-16)24-9-4-5-10-24)23-20(25)29-12-15(26)21-13-7-6-8-14(11-13)28-2/h6-8,11H,3-5,9-10,12H2,1-2H3,(H,21,26). The van der Waals surface area contributed by atoms with Gasteiger partial charge in [0.05, 0.1) is 12.9 Å². The van der Waals surface area contributed by atoms with Gasteiger partial charge >= 0.3 is 0 Å². The average Bonchev–Trinajstić information content (AvgIpc) is 3.42. The van der Waals surface area contributed by atoms with Gasteiger partial charge in [0.25, 0.3) is 5.56 Å². The van der Waals surface area contributed by atoms with E-state index in [1.807, 2.05) is 19.1 Å². The zero-order valence-corrected chi connectivity index (χ0v) is 18.5. The van der Waals surface area contributed by atoms with Crippen molar-refractivity contribution in [3.05, 3.63) is 34.6 Å². The maximum atomic E-state index is 13.0. The predicted octanol–water partition coefficient (Wildman–Crippen LogP) is 3.21. The zero-order valence-electron chi connectivity index (χ0n) is 16.9. The molecular formula is C20H23N5O3S2. The molecule has 0 atom stereocenters. The Kier molecular flexibility index (Phi) is 6.24. The van der Waals surface area contributed by atoms with Crippen LogP contribution < -0.4 is 20.5 Å². The molecule has 0 radical (unpaired) electrons. The number of hydrogen-bond donors (Lipinski definition) is 1. The number of carbonyl (C=O) groups is 1. The highest BCUT2D eigenvalue weighted by atomic mass is 32.2. The number of rotatable bonds is 7. The Bertz CT molecular complexity index is 1120. The molecular weight excluding hydrogens is 422 g/mol. The molecule has 1 amide bonds. The molecule has 2 aromatic heterocycles. The van der Waals surface area contributed by atoms with Gasteiger partial charge in [0, 0.05) is 31.4 Å². The molecule has 10 heteroatoms. The third-order valence-electron chi connectivity index (χ3n) is 4.85. The van der Waals surface area contributed by atoms with Gasteiger partial charge in [-0.05, 0) is 31.9 Å². The van der Waals surface area contributed by atoms with E-state index in [2.05, 4.69) is 20.2 Å². The summed E-state index contributed by atoms with van der Waals surface area (Å²) in [6, 6.07) is 7.18. The molecule has 1 saturated heterocycles. The number of methoxy groups -OCH3 is 1. The SMILES string of the molecule is CCn1c(SCC(=O)Nc2cccc(OC)c2)nc2nc(N3CCCC3)sc2c1=O. The lowest BCUT2D eigenvalue weighted by molar-refractivity contribution is -0.113. The van der Waals surface area contributed by atoms with Gasteiger partial charge in [-0.25, -0.2) is 4.98 Å². The summed E-state index contributed by atoms with van der Waals surface area (Å²) in [7, 11) is 1.58. The lowest BCUT2D eigenvalue weighted by Crippen LogP contribution is -2.23. The van der Waals surface area contributed by atoms with Crippen molar-refractivity contribution in [2.75, 3.05) is 36.2 Å². The Balaban J connectivity index is 1.52. The van der Waals surface area contributed by atoms with Crippen molar-refractivity contribution in [1.29, 1.82) is 0 Å². The molecule has 1 fully saturated rings. The Hall–Kier alpha value is -2.59. The molecule has 8 nitrogen and oxygen atoms in total. The molecule has 0 saturated carbocycles. The molecule has 0 bridgehead atoms. The molecule has 1 aliphatic heterocycles. The van der Waals surface area contributed by atoms with E-state index in [1.165, 1.54) is 23.1 Å². The molecule has 158 valence electrons. The van der Waals surface area contributed by atoms with Crippen LogP contribution in [0.2, 0.25) is 0 Å². The van der Waals surface area contributed by atoms with Crippen LogP contribution in [0.1, 0.15) is 19.8 Å².